The number of thiophene rings is 1. The second-order valence-electron chi connectivity index (χ2n) is 6.72. The molecule has 1 fully saturated rings. The van der Waals surface area contributed by atoms with Gasteiger partial charge in [-0.1, -0.05) is 23.7 Å². The van der Waals surface area contributed by atoms with E-state index in [4.69, 9.17) is 11.6 Å². The van der Waals surface area contributed by atoms with Gasteiger partial charge in [-0.05, 0) is 24.3 Å². The lowest BCUT2D eigenvalue weighted by atomic mass is 10.1. The Balaban J connectivity index is 1.35. The summed E-state index contributed by atoms with van der Waals surface area (Å²) in [5, 5.41) is 21.2. The predicted octanol–water partition coefficient (Wildman–Crippen LogP) is 2.75. The number of carbonyl (C=O) groups is 1. The molecule has 1 amide bonds. The molecule has 2 unspecified atom stereocenters. The molecule has 0 spiro atoms. The van der Waals surface area contributed by atoms with Crippen molar-refractivity contribution in [3.8, 4) is 0 Å². The number of thiazole rings is 1. The molecule has 2 N–H and O–H groups in total. The maximum atomic E-state index is 12.7. The molecule has 28 heavy (non-hydrogen) atoms. The van der Waals surface area contributed by atoms with E-state index in [2.05, 4.69) is 9.88 Å². The Bertz CT molecular complexity index is 935. The Morgan fingerprint density at radius 2 is 1.86 bits per heavy atom. The van der Waals surface area contributed by atoms with Crippen molar-refractivity contribution in [1.29, 1.82) is 0 Å². The number of hydrogen-bond donors (Lipinski definition) is 2. The van der Waals surface area contributed by atoms with Crippen molar-refractivity contribution in [3.63, 3.8) is 0 Å². The van der Waals surface area contributed by atoms with Gasteiger partial charge in [0.1, 0.15) is 11.1 Å². The summed E-state index contributed by atoms with van der Waals surface area (Å²) >= 11 is 8.83. The number of para-hydroxylation sites is 1. The van der Waals surface area contributed by atoms with E-state index < -0.39 is 18.1 Å². The number of aliphatic hydroxyl groups excluding tert-OH is 2. The maximum absolute atomic E-state index is 12.7. The monoisotopic (exact) mass is 437 g/mol. The fraction of sp³-hybridized carbons (Fsp3) is 0.368. The van der Waals surface area contributed by atoms with Crippen LogP contribution in [0.25, 0.3) is 10.2 Å². The summed E-state index contributed by atoms with van der Waals surface area (Å²) < 4.78 is 1.69. The molecule has 2 atom stereocenters. The van der Waals surface area contributed by atoms with Gasteiger partial charge in [0, 0.05) is 37.6 Å². The van der Waals surface area contributed by atoms with Gasteiger partial charge in [0.25, 0.3) is 5.91 Å². The smallest absolute Gasteiger partial charge is 0.254 e. The summed E-state index contributed by atoms with van der Waals surface area (Å²) in [5.74, 6) is -0.453. The van der Waals surface area contributed by atoms with Crippen LogP contribution in [0.3, 0.4) is 0 Å². The third kappa shape index (κ3) is 4.22. The molecule has 1 aromatic carbocycles. The fourth-order valence-electron chi connectivity index (χ4n) is 3.26. The highest BCUT2D eigenvalue weighted by atomic mass is 35.5. The molecule has 1 aliphatic rings. The molecule has 1 saturated heterocycles. The molecule has 0 saturated carbocycles. The van der Waals surface area contributed by atoms with Gasteiger partial charge in [-0.3, -0.25) is 9.69 Å². The lowest BCUT2D eigenvalue weighted by Crippen LogP contribution is -2.52. The number of carbonyl (C=O) groups excluding carboxylic acids is 1. The third-order valence-electron chi connectivity index (χ3n) is 4.81. The fourth-order valence-corrected chi connectivity index (χ4v) is 5.37. The van der Waals surface area contributed by atoms with Crippen molar-refractivity contribution < 1.29 is 15.0 Å². The number of aromatic nitrogens is 1. The summed E-state index contributed by atoms with van der Waals surface area (Å²) in [6.45, 7) is 3.26. The van der Waals surface area contributed by atoms with Crippen molar-refractivity contribution in [2.45, 2.75) is 18.8 Å². The normalized spacial score (nSPS) is 17.8. The zero-order chi connectivity index (χ0) is 19.7. The van der Waals surface area contributed by atoms with Gasteiger partial charge < -0.3 is 15.1 Å². The van der Waals surface area contributed by atoms with Crippen molar-refractivity contribution >= 4 is 50.4 Å². The number of nitrogens with zero attached hydrogens (tertiary/aromatic N) is 3. The second-order valence-corrected chi connectivity index (χ2v) is 9.58. The SMILES string of the molecule is O=C(C(O)C(O)c1nc2ccccc2s1)N1CCN(Cc2ccc(Cl)s2)CC1. The molecule has 0 radical (unpaired) electrons. The number of aliphatic hydroxyl groups is 2. The number of hydrogen-bond acceptors (Lipinski definition) is 7. The molecule has 3 heterocycles. The van der Waals surface area contributed by atoms with Crippen molar-refractivity contribution in [1.82, 2.24) is 14.8 Å². The third-order valence-corrected chi connectivity index (χ3v) is 7.13. The highest BCUT2D eigenvalue weighted by Gasteiger charge is 2.33. The predicted molar refractivity (Wildman–Crippen MR) is 112 cm³/mol. The molecule has 6 nitrogen and oxygen atoms in total. The molecule has 0 bridgehead atoms. The highest BCUT2D eigenvalue weighted by Crippen LogP contribution is 2.29. The molecule has 2 aromatic heterocycles. The molecule has 4 rings (SSSR count). The molecule has 3 aromatic rings. The number of amides is 1. The van der Waals surface area contributed by atoms with E-state index in [9.17, 15) is 15.0 Å². The Labute approximate surface area is 175 Å². The summed E-state index contributed by atoms with van der Waals surface area (Å²) in [5.41, 5.74) is 0.753. The first-order valence-electron chi connectivity index (χ1n) is 8.98. The summed E-state index contributed by atoms with van der Waals surface area (Å²) in [4.78, 5) is 22.1. The van der Waals surface area contributed by atoms with Gasteiger partial charge in [0.05, 0.1) is 14.6 Å². The standard InChI is InChI=1S/C19H20ClN3O3S2/c20-15-6-5-12(27-15)11-22-7-9-23(10-8-22)19(26)17(25)16(24)18-21-13-3-1-2-4-14(13)28-18/h1-6,16-17,24-25H,7-11H2. The van der Waals surface area contributed by atoms with Crippen LogP contribution in [0.15, 0.2) is 36.4 Å². The van der Waals surface area contributed by atoms with Gasteiger partial charge in [0.2, 0.25) is 0 Å². The minimum atomic E-state index is -1.51. The van der Waals surface area contributed by atoms with Crippen LogP contribution in [-0.4, -0.2) is 63.2 Å². The van der Waals surface area contributed by atoms with Gasteiger partial charge in [-0.15, -0.1) is 22.7 Å². The van der Waals surface area contributed by atoms with Crippen molar-refractivity contribution in [2.75, 3.05) is 26.2 Å². The quantitative estimate of drug-likeness (QED) is 0.641. The number of fused-ring (bicyclic) bond motifs is 1. The average molecular weight is 438 g/mol. The van der Waals surface area contributed by atoms with Crippen LogP contribution in [0, 0.1) is 0 Å². The number of piperazine rings is 1. The summed E-state index contributed by atoms with van der Waals surface area (Å²) in [6.07, 6.45) is -2.83. The first kappa shape index (κ1) is 19.8. The summed E-state index contributed by atoms with van der Waals surface area (Å²) in [6, 6.07) is 11.4. The number of rotatable bonds is 5. The second kappa shape index (κ2) is 8.44. The van der Waals surface area contributed by atoms with Crippen LogP contribution in [0.2, 0.25) is 4.34 Å². The van der Waals surface area contributed by atoms with Crippen molar-refractivity contribution in [2.24, 2.45) is 0 Å². The van der Waals surface area contributed by atoms with E-state index >= 15 is 0 Å². The van der Waals surface area contributed by atoms with Gasteiger partial charge in [-0.2, -0.15) is 0 Å². The molecule has 148 valence electrons. The number of benzene rings is 1. The van der Waals surface area contributed by atoms with E-state index in [1.165, 1.54) is 16.2 Å². The Morgan fingerprint density at radius 1 is 1.11 bits per heavy atom. The van der Waals surface area contributed by atoms with Crippen LogP contribution in [0.5, 0.6) is 0 Å². The van der Waals surface area contributed by atoms with E-state index in [-0.39, 0.29) is 0 Å². The first-order chi connectivity index (χ1) is 13.5. The van der Waals surface area contributed by atoms with Crippen LogP contribution in [0.4, 0.5) is 0 Å². The summed E-state index contributed by atoms with van der Waals surface area (Å²) in [7, 11) is 0. The van der Waals surface area contributed by atoms with Gasteiger partial charge >= 0.3 is 0 Å². The van der Waals surface area contributed by atoms with Gasteiger partial charge in [0.15, 0.2) is 6.10 Å². The minimum Gasteiger partial charge on any atom is -0.383 e. The average Bonchev–Trinajstić information content (AvgIpc) is 3.32. The van der Waals surface area contributed by atoms with E-state index in [0.29, 0.717) is 31.2 Å². The van der Waals surface area contributed by atoms with E-state index in [1.807, 2.05) is 36.4 Å². The van der Waals surface area contributed by atoms with E-state index in [0.717, 1.165) is 21.1 Å². The first-order valence-corrected chi connectivity index (χ1v) is 11.0. The lowest BCUT2D eigenvalue weighted by molar-refractivity contribution is -0.148. The van der Waals surface area contributed by atoms with E-state index in [1.54, 1.807) is 16.2 Å². The van der Waals surface area contributed by atoms with Crippen LogP contribution >= 0.6 is 34.3 Å². The number of halogens is 1. The zero-order valence-corrected chi connectivity index (χ0v) is 17.4. The minimum absolute atomic E-state index is 0.357. The lowest BCUT2D eigenvalue weighted by Gasteiger charge is -2.35. The van der Waals surface area contributed by atoms with Crippen LogP contribution in [0.1, 0.15) is 16.0 Å². The molecule has 1 aliphatic heterocycles. The molecular weight excluding hydrogens is 418 g/mol. The van der Waals surface area contributed by atoms with Gasteiger partial charge in [-0.25, -0.2) is 4.98 Å². The Kier molecular flexibility index (Phi) is 5.96. The maximum Gasteiger partial charge on any atom is 0.254 e. The Hall–Kier alpha value is -1.55. The van der Waals surface area contributed by atoms with Crippen LogP contribution in [-0.2, 0) is 11.3 Å². The molecule has 0 aliphatic carbocycles. The van der Waals surface area contributed by atoms with Crippen molar-refractivity contribution in [3.05, 3.63) is 50.6 Å². The Morgan fingerprint density at radius 3 is 2.54 bits per heavy atom. The topological polar surface area (TPSA) is 76.9 Å². The zero-order valence-electron chi connectivity index (χ0n) is 15.0. The molecule has 9 heteroatoms. The van der Waals surface area contributed by atoms with Crippen LogP contribution < -0.4 is 0 Å². The highest BCUT2D eigenvalue weighted by molar-refractivity contribution is 7.18. The largest absolute Gasteiger partial charge is 0.383 e. The molecular formula is C19H20ClN3O3S2.